The first-order valence-corrected chi connectivity index (χ1v) is 3.71. The van der Waals surface area contributed by atoms with Crippen molar-refractivity contribution in [3.8, 4) is 11.5 Å². The number of hydrogen-bond donors (Lipinski definition) is 1. The molecule has 1 atom stereocenters. The Morgan fingerprint density at radius 2 is 1.83 bits per heavy atom. The van der Waals surface area contributed by atoms with Crippen molar-refractivity contribution in [2.75, 3.05) is 7.11 Å². The number of phenols is 1. The summed E-state index contributed by atoms with van der Waals surface area (Å²) in [5.41, 5.74) is 0. The van der Waals surface area contributed by atoms with E-state index in [2.05, 4.69) is 0 Å². The molecule has 1 aromatic rings. The van der Waals surface area contributed by atoms with E-state index in [1.165, 1.54) is 0 Å². The number of aromatic hydroxyl groups is 1. The molecule has 1 aromatic carbocycles. The summed E-state index contributed by atoms with van der Waals surface area (Å²) in [6.07, 6.45) is -0.269. The van der Waals surface area contributed by atoms with Gasteiger partial charge in [-0.25, -0.2) is 0 Å². The third kappa shape index (κ3) is 2.43. The zero-order valence-corrected chi connectivity index (χ0v) is 7.15. The summed E-state index contributed by atoms with van der Waals surface area (Å²) in [6.45, 7) is 1.80. The van der Waals surface area contributed by atoms with Gasteiger partial charge in [0.05, 0.1) is 0 Å². The Kier molecular flexibility index (Phi) is 2.94. The van der Waals surface area contributed by atoms with Crippen LogP contribution in [-0.2, 0) is 4.74 Å². The summed E-state index contributed by atoms with van der Waals surface area (Å²) in [5.74, 6) is 0.912. The van der Waals surface area contributed by atoms with Crippen LogP contribution in [0, 0.1) is 0 Å². The van der Waals surface area contributed by atoms with Crippen LogP contribution >= 0.6 is 0 Å². The fourth-order valence-corrected chi connectivity index (χ4v) is 0.764. The molecule has 0 fully saturated rings. The molecule has 0 aliphatic carbocycles. The van der Waals surface area contributed by atoms with Crippen molar-refractivity contribution in [2.45, 2.75) is 13.2 Å². The van der Waals surface area contributed by atoms with Gasteiger partial charge in [-0.05, 0) is 31.2 Å². The topological polar surface area (TPSA) is 38.7 Å². The Morgan fingerprint density at radius 3 is 2.33 bits per heavy atom. The first-order valence-electron chi connectivity index (χ1n) is 3.71. The van der Waals surface area contributed by atoms with Crippen LogP contribution < -0.4 is 4.74 Å². The van der Waals surface area contributed by atoms with Crippen molar-refractivity contribution >= 4 is 0 Å². The van der Waals surface area contributed by atoms with Crippen LogP contribution in [0.4, 0.5) is 0 Å². The van der Waals surface area contributed by atoms with E-state index in [4.69, 9.17) is 14.6 Å². The highest BCUT2D eigenvalue weighted by molar-refractivity contribution is 5.30. The zero-order valence-electron chi connectivity index (χ0n) is 7.15. The van der Waals surface area contributed by atoms with Crippen LogP contribution in [0.25, 0.3) is 0 Å². The van der Waals surface area contributed by atoms with Crippen molar-refractivity contribution in [3.63, 3.8) is 0 Å². The molecule has 1 rings (SSSR count). The molecule has 0 bridgehead atoms. The molecule has 0 saturated heterocycles. The second-order valence-corrected chi connectivity index (χ2v) is 2.42. The van der Waals surface area contributed by atoms with Crippen molar-refractivity contribution in [1.82, 2.24) is 0 Å². The molecule has 3 nitrogen and oxygen atoms in total. The van der Waals surface area contributed by atoms with Crippen molar-refractivity contribution in [2.24, 2.45) is 0 Å². The molecule has 66 valence electrons. The average Bonchev–Trinajstić information content (AvgIpc) is 2.09. The highest BCUT2D eigenvalue weighted by Gasteiger charge is 1.99. The van der Waals surface area contributed by atoms with E-state index >= 15 is 0 Å². The lowest BCUT2D eigenvalue weighted by Gasteiger charge is -2.11. The number of benzene rings is 1. The van der Waals surface area contributed by atoms with Crippen LogP contribution in [0.5, 0.6) is 11.5 Å². The zero-order chi connectivity index (χ0) is 8.97. The monoisotopic (exact) mass is 168 g/mol. The van der Waals surface area contributed by atoms with E-state index in [1.54, 1.807) is 38.3 Å². The first kappa shape index (κ1) is 8.87. The predicted molar refractivity (Wildman–Crippen MR) is 45.2 cm³/mol. The third-order valence-electron chi connectivity index (χ3n) is 1.47. The summed E-state index contributed by atoms with van der Waals surface area (Å²) in [5, 5.41) is 8.96. The van der Waals surface area contributed by atoms with E-state index in [1.807, 2.05) is 0 Å². The van der Waals surface area contributed by atoms with Gasteiger partial charge in [-0.15, -0.1) is 0 Å². The number of rotatable bonds is 3. The largest absolute Gasteiger partial charge is 0.508 e. The summed E-state index contributed by atoms with van der Waals surface area (Å²) < 4.78 is 10.2. The van der Waals surface area contributed by atoms with Crippen LogP contribution in [0.3, 0.4) is 0 Å². The minimum atomic E-state index is -0.269. The fourth-order valence-electron chi connectivity index (χ4n) is 0.764. The van der Waals surface area contributed by atoms with E-state index in [0.717, 1.165) is 0 Å². The van der Waals surface area contributed by atoms with Gasteiger partial charge in [0.15, 0.2) is 6.29 Å². The Morgan fingerprint density at radius 1 is 1.25 bits per heavy atom. The van der Waals surface area contributed by atoms with Gasteiger partial charge in [-0.3, -0.25) is 0 Å². The normalized spacial score (nSPS) is 12.5. The van der Waals surface area contributed by atoms with Crippen molar-refractivity contribution in [3.05, 3.63) is 24.3 Å². The molecule has 12 heavy (non-hydrogen) atoms. The average molecular weight is 168 g/mol. The van der Waals surface area contributed by atoms with E-state index in [-0.39, 0.29) is 12.0 Å². The molecule has 1 unspecified atom stereocenters. The second-order valence-electron chi connectivity index (χ2n) is 2.42. The molecule has 0 aromatic heterocycles. The molecule has 0 amide bonds. The van der Waals surface area contributed by atoms with Gasteiger partial charge in [0.1, 0.15) is 11.5 Å². The number of methoxy groups -OCH3 is 1. The smallest absolute Gasteiger partial charge is 0.196 e. The van der Waals surface area contributed by atoms with Crippen LogP contribution in [-0.4, -0.2) is 18.5 Å². The maximum atomic E-state index is 8.96. The molecule has 0 aliphatic rings. The molecule has 0 heterocycles. The van der Waals surface area contributed by atoms with E-state index in [9.17, 15) is 0 Å². The standard InChI is InChI=1S/C9H12O3/c1-7(11-2)12-9-5-3-8(10)4-6-9/h3-7,10H,1-2H3. The SMILES string of the molecule is COC(C)Oc1ccc(O)cc1. The summed E-state index contributed by atoms with van der Waals surface area (Å²) in [4.78, 5) is 0. The van der Waals surface area contributed by atoms with E-state index < -0.39 is 0 Å². The Labute approximate surface area is 71.5 Å². The Bertz CT molecular complexity index is 230. The third-order valence-corrected chi connectivity index (χ3v) is 1.47. The van der Waals surface area contributed by atoms with Gasteiger partial charge in [-0.2, -0.15) is 0 Å². The molecule has 0 radical (unpaired) electrons. The molecule has 1 N–H and O–H groups in total. The molecule has 3 heteroatoms. The molecular formula is C9H12O3. The van der Waals surface area contributed by atoms with Gasteiger partial charge in [0.25, 0.3) is 0 Å². The summed E-state index contributed by atoms with van der Waals surface area (Å²) >= 11 is 0. The lowest BCUT2D eigenvalue weighted by atomic mass is 10.3. The lowest BCUT2D eigenvalue weighted by molar-refractivity contribution is -0.0383. The molecule has 0 spiro atoms. The number of hydrogen-bond acceptors (Lipinski definition) is 3. The quantitative estimate of drug-likeness (QED) is 0.699. The van der Waals surface area contributed by atoms with Gasteiger partial charge in [0, 0.05) is 7.11 Å². The minimum Gasteiger partial charge on any atom is -0.508 e. The molecular weight excluding hydrogens is 156 g/mol. The maximum absolute atomic E-state index is 8.96. The van der Waals surface area contributed by atoms with Gasteiger partial charge >= 0.3 is 0 Å². The van der Waals surface area contributed by atoms with Crippen LogP contribution in [0.1, 0.15) is 6.92 Å². The lowest BCUT2D eigenvalue weighted by Crippen LogP contribution is -2.13. The molecule has 0 aliphatic heterocycles. The highest BCUT2D eigenvalue weighted by Crippen LogP contribution is 2.16. The number of phenolic OH excluding ortho intramolecular Hbond substituents is 1. The summed E-state index contributed by atoms with van der Waals surface area (Å²) in [6, 6.07) is 6.51. The van der Waals surface area contributed by atoms with Crippen LogP contribution in [0.15, 0.2) is 24.3 Å². The van der Waals surface area contributed by atoms with Crippen LogP contribution in [0.2, 0.25) is 0 Å². The second kappa shape index (κ2) is 3.97. The first-order chi connectivity index (χ1) is 5.72. The van der Waals surface area contributed by atoms with Gasteiger partial charge in [0.2, 0.25) is 0 Å². The van der Waals surface area contributed by atoms with Gasteiger partial charge in [-0.1, -0.05) is 0 Å². The fraction of sp³-hybridized carbons (Fsp3) is 0.333. The predicted octanol–water partition coefficient (Wildman–Crippen LogP) is 1.76. The van der Waals surface area contributed by atoms with E-state index in [0.29, 0.717) is 5.75 Å². The summed E-state index contributed by atoms with van der Waals surface area (Å²) in [7, 11) is 1.57. The van der Waals surface area contributed by atoms with Crippen molar-refractivity contribution in [1.29, 1.82) is 0 Å². The van der Waals surface area contributed by atoms with Gasteiger partial charge < -0.3 is 14.6 Å². The molecule has 0 saturated carbocycles. The number of ether oxygens (including phenoxy) is 2. The highest BCUT2D eigenvalue weighted by atomic mass is 16.7. The minimum absolute atomic E-state index is 0.229. The Balaban J connectivity index is 2.58. The Hall–Kier alpha value is -1.22. The van der Waals surface area contributed by atoms with Crippen molar-refractivity contribution < 1.29 is 14.6 Å². The maximum Gasteiger partial charge on any atom is 0.196 e.